The van der Waals surface area contributed by atoms with Crippen LogP contribution in [0, 0.1) is 5.92 Å². The number of nitrogens with one attached hydrogen (secondary N) is 1. The molecule has 0 aliphatic carbocycles. The predicted octanol–water partition coefficient (Wildman–Crippen LogP) is 4.50. The highest BCUT2D eigenvalue weighted by atomic mass is 79.9. The van der Waals surface area contributed by atoms with Crippen LogP contribution < -0.4 is 5.32 Å². The van der Waals surface area contributed by atoms with Gasteiger partial charge >= 0.3 is 0 Å². The normalized spacial score (nSPS) is 11.6. The number of nitrogens with zero attached hydrogens (tertiary/aromatic N) is 2. The molecular weight excluding hydrogens is 326 g/mol. The molecule has 2 rings (SSSR count). The van der Waals surface area contributed by atoms with Gasteiger partial charge in [0, 0.05) is 16.6 Å². The summed E-state index contributed by atoms with van der Waals surface area (Å²) in [5.74, 6) is 1.10. The maximum atomic E-state index is 4.60. The van der Waals surface area contributed by atoms with E-state index in [1.54, 1.807) is 0 Å². The summed E-state index contributed by atoms with van der Waals surface area (Å²) in [7, 11) is 0. The fraction of sp³-hybridized carbons (Fsp3) is 0.471. The molecule has 4 heteroatoms. The molecular formula is C17H24BrN3. The molecule has 0 bridgehead atoms. The summed E-state index contributed by atoms with van der Waals surface area (Å²) in [6.45, 7) is 10.8. The van der Waals surface area contributed by atoms with Crippen molar-refractivity contribution in [1.82, 2.24) is 15.1 Å². The van der Waals surface area contributed by atoms with Crippen LogP contribution in [0.2, 0.25) is 0 Å². The van der Waals surface area contributed by atoms with Crippen molar-refractivity contribution in [2.45, 2.75) is 40.2 Å². The van der Waals surface area contributed by atoms with E-state index in [-0.39, 0.29) is 0 Å². The van der Waals surface area contributed by atoms with Crippen LogP contribution in [-0.4, -0.2) is 16.3 Å². The van der Waals surface area contributed by atoms with Gasteiger partial charge in [0.1, 0.15) is 0 Å². The fourth-order valence-corrected chi connectivity index (χ4v) is 2.69. The first-order chi connectivity index (χ1) is 9.99. The number of aromatic nitrogens is 2. The van der Waals surface area contributed by atoms with Gasteiger partial charge in [-0.1, -0.05) is 43.6 Å². The molecule has 3 nitrogen and oxygen atoms in total. The van der Waals surface area contributed by atoms with Gasteiger partial charge in [0.2, 0.25) is 0 Å². The monoisotopic (exact) mass is 349 g/mol. The third kappa shape index (κ3) is 4.17. The number of hydrogen-bond acceptors (Lipinski definition) is 2. The summed E-state index contributed by atoms with van der Waals surface area (Å²) in [6, 6.07) is 8.29. The molecule has 0 spiro atoms. The average Bonchev–Trinajstić information content (AvgIpc) is 2.83. The number of rotatable bonds is 6. The zero-order chi connectivity index (χ0) is 15.4. The van der Waals surface area contributed by atoms with Crippen molar-refractivity contribution in [1.29, 1.82) is 0 Å². The Morgan fingerprint density at radius 3 is 2.38 bits per heavy atom. The highest BCUT2D eigenvalue weighted by Gasteiger charge is 2.15. The van der Waals surface area contributed by atoms with Crippen molar-refractivity contribution in [2.75, 3.05) is 6.54 Å². The molecule has 0 amide bonds. The molecule has 2 aromatic rings. The van der Waals surface area contributed by atoms with Crippen LogP contribution in [0.15, 0.2) is 34.9 Å². The van der Waals surface area contributed by atoms with Gasteiger partial charge < -0.3 is 5.32 Å². The summed E-state index contributed by atoms with van der Waals surface area (Å²) in [4.78, 5) is 0. The van der Waals surface area contributed by atoms with E-state index in [0.717, 1.165) is 23.2 Å². The molecule has 0 saturated carbocycles. The standard InChI is InChI=1S/C17H24BrN3/c1-12(2)9-19-10-14-11-20-21(17(14)13(3)4)16-7-5-15(18)6-8-16/h5-8,11-13,19H,9-10H2,1-4H3. The predicted molar refractivity (Wildman–Crippen MR) is 91.9 cm³/mol. The van der Waals surface area contributed by atoms with E-state index in [0.29, 0.717) is 11.8 Å². The van der Waals surface area contributed by atoms with E-state index in [4.69, 9.17) is 0 Å². The van der Waals surface area contributed by atoms with Crippen LogP contribution in [0.5, 0.6) is 0 Å². The second-order valence-corrected chi connectivity index (χ2v) is 7.04. The SMILES string of the molecule is CC(C)CNCc1cnn(-c2ccc(Br)cc2)c1C(C)C. The Morgan fingerprint density at radius 1 is 1.14 bits per heavy atom. The zero-order valence-electron chi connectivity index (χ0n) is 13.2. The van der Waals surface area contributed by atoms with E-state index < -0.39 is 0 Å². The fourth-order valence-electron chi connectivity index (χ4n) is 2.43. The molecule has 0 aliphatic rings. The number of benzene rings is 1. The minimum Gasteiger partial charge on any atom is -0.312 e. The van der Waals surface area contributed by atoms with Crippen LogP contribution in [0.4, 0.5) is 0 Å². The topological polar surface area (TPSA) is 29.9 Å². The van der Waals surface area contributed by atoms with Gasteiger partial charge in [-0.05, 0) is 42.6 Å². The third-order valence-electron chi connectivity index (χ3n) is 3.37. The van der Waals surface area contributed by atoms with Crippen LogP contribution in [-0.2, 0) is 6.54 Å². The van der Waals surface area contributed by atoms with Crippen molar-refractivity contribution in [3.8, 4) is 5.69 Å². The molecule has 0 fully saturated rings. The van der Waals surface area contributed by atoms with Crippen molar-refractivity contribution in [3.05, 3.63) is 46.2 Å². The highest BCUT2D eigenvalue weighted by molar-refractivity contribution is 9.10. The van der Waals surface area contributed by atoms with Crippen LogP contribution in [0.1, 0.15) is 44.9 Å². The molecule has 1 aromatic carbocycles. The highest BCUT2D eigenvalue weighted by Crippen LogP contribution is 2.24. The van der Waals surface area contributed by atoms with Gasteiger partial charge in [0.05, 0.1) is 17.6 Å². The zero-order valence-corrected chi connectivity index (χ0v) is 14.8. The summed E-state index contributed by atoms with van der Waals surface area (Å²) >= 11 is 3.48. The van der Waals surface area contributed by atoms with Crippen LogP contribution in [0.25, 0.3) is 5.69 Å². The quantitative estimate of drug-likeness (QED) is 0.831. The smallest absolute Gasteiger partial charge is 0.0649 e. The van der Waals surface area contributed by atoms with Crippen molar-refractivity contribution >= 4 is 15.9 Å². The number of hydrogen-bond donors (Lipinski definition) is 1. The minimum absolute atomic E-state index is 0.437. The summed E-state index contributed by atoms with van der Waals surface area (Å²) in [5.41, 5.74) is 3.68. The summed E-state index contributed by atoms with van der Waals surface area (Å²) in [6.07, 6.45) is 1.99. The molecule has 1 aromatic heterocycles. The molecule has 1 heterocycles. The van der Waals surface area contributed by atoms with E-state index >= 15 is 0 Å². The Morgan fingerprint density at radius 2 is 1.81 bits per heavy atom. The minimum atomic E-state index is 0.437. The lowest BCUT2D eigenvalue weighted by Gasteiger charge is -2.14. The molecule has 0 saturated heterocycles. The van der Waals surface area contributed by atoms with Crippen molar-refractivity contribution in [2.24, 2.45) is 5.92 Å². The first-order valence-corrected chi connectivity index (χ1v) is 8.31. The van der Waals surface area contributed by atoms with Crippen molar-refractivity contribution < 1.29 is 0 Å². The second kappa shape index (κ2) is 7.23. The van der Waals surface area contributed by atoms with Crippen LogP contribution >= 0.6 is 15.9 Å². The first-order valence-electron chi connectivity index (χ1n) is 7.52. The Balaban J connectivity index is 2.26. The largest absolute Gasteiger partial charge is 0.312 e. The molecule has 114 valence electrons. The van der Waals surface area contributed by atoms with E-state index in [9.17, 15) is 0 Å². The second-order valence-electron chi connectivity index (χ2n) is 6.12. The van der Waals surface area contributed by atoms with Crippen molar-refractivity contribution in [3.63, 3.8) is 0 Å². The van der Waals surface area contributed by atoms with Gasteiger partial charge in [0.25, 0.3) is 0 Å². The Hall–Kier alpha value is -1.13. The molecule has 0 aliphatic heterocycles. The summed E-state index contributed by atoms with van der Waals surface area (Å²) < 4.78 is 3.15. The Kier molecular flexibility index (Phi) is 5.59. The molecule has 0 atom stereocenters. The van der Waals surface area contributed by atoms with Gasteiger partial charge in [-0.15, -0.1) is 0 Å². The van der Waals surface area contributed by atoms with E-state index in [1.807, 2.05) is 6.20 Å². The lowest BCUT2D eigenvalue weighted by Crippen LogP contribution is -2.20. The van der Waals surface area contributed by atoms with Gasteiger partial charge in [-0.25, -0.2) is 4.68 Å². The first kappa shape index (κ1) is 16.2. The molecule has 21 heavy (non-hydrogen) atoms. The number of halogens is 1. The molecule has 0 unspecified atom stereocenters. The third-order valence-corrected chi connectivity index (χ3v) is 3.90. The molecule has 1 N–H and O–H groups in total. The maximum Gasteiger partial charge on any atom is 0.0649 e. The molecule has 0 radical (unpaired) electrons. The maximum absolute atomic E-state index is 4.60. The summed E-state index contributed by atoms with van der Waals surface area (Å²) in [5, 5.41) is 8.11. The Labute approximate surface area is 135 Å². The van der Waals surface area contributed by atoms with Gasteiger partial charge in [-0.3, -0.25) is 0 Å². The lowest BCUT2D eigenvalue weighted by atomic mass is 10.1. The van der Waals surface area contributed by atoms with Gasteiger partial charge in [0.15, 0.2) is 0 Å². The average molecular weight is 350 g/mol. The lowest BCUT2D eigenvalue weighted by molar-refractivity contribution is 0.549. The van der Waals surface area contributed by atoms with E-state index in [2.05, 4.69) is 83.0 Å². The van der Waals surface area contributed by atoms with Gasteiger partial charge in [-0.2, -0.15) is 5.10 Å². The van der Waals surface area contributed by atoms with E-state index in [1.165, 1.54) is 11.3 Å². The van der Waals surface area contributed by atoms with Crippen LogP contribution in [0.3, 0.4) is 0 Å². The Bertz CT molecular complexity index is 570.